The molecule has 1 aromatic heterocycles. The van der Waals surface area contributed by atoms with Crippen LogP contribution in [0.2, 0.25) is 0 Å². The van der Waals surface area contributed by atoms with Crippen molar-refractivity contribution in [2.24, 2.45) is 5.92 Å². The molecular weight excluding hydrogens is 296 g/mol. The molecule has 1 aliphatic rings. The quantitative estimate of drug-likeness (QED) is 0.639. The van der Waals surface area contributed by atoms with E-state index in [4.69, 9.17) is 9.15 Å². The highest BCUT2D eigenvalue weighted by Crippen LogP contribution is 2.42. The van der Waals surface area contributed by atoms with Crippen molar-refractivity contribution in [1.82, 2.24) is 0 Å². The maximum Gasteiger partial charge on any atom is 0.134 e. The zero-order chi connectivity index (χ0) is 16.4. The van der Waals surface area contributed by atoms with E-state index in [1.165, 1.54) is 11.1 Å². The first-order chi connectivity index (χ1) is 11.8. The Morgan fingerprint density at radius 2 is 1.71 bits per heavy atom. The van der Waals surface area contributed by atoms with Crippen LogP contribution in [-0.4, -0.2) is 7.11 Å². The maximum absolute atomic E-state index is 6.14. The summed E-state index contributed by atoms with van der Waals surface area (Å²) in [7, 11) is 1.81. The van der Waals surface area contributed by atoms with Gasteiger partial charge in [-0.15, -0.1) is 0 Å². The summed E-state index contributed by atoms with van der Waals surface area (Å²) >= 11 is 0. The molecule has 2 aromatic carbocycles. The third kappa shape index (κ3) is 2.90. The largest absolute Gasteiger partial charge is 0.461 e. The minimum absolute atomic E-state index is 0.107. The first-order valence-corrected chi connectivity index (χ1v) is 8.60. The van der Waals surface area contributed by atoms with Crippen molar-refractivity contribution in [3.05, 3.63) is 83.6 Å². The number of aryl methyl sites for hydroxylation is 1. The molecule has 0 aliphatic heterocycles. The summed E-state index contributed by atoms with van der Waals surface area (Å²) in [6.45, 7) is 0. The zero-order valence-electron chi connectivity index (χ0n) is 13.9. The first kappa shape index (κ1) is 15.2. The Kier molecular flexibility index (Phi) is 4.22. The SMILES string of the molecule is CO[C@H]1c2cc(-c3ccccc3)oc2CC[C@@H]1Cc1ccccc1. The molecule has 2 nitrogen and oxygen atoms in total. The van der Waals surface area contributed by atoms with E-state index >= 15 is 0 Å². The molecule has 3 aromatic rings. The molecule has 24 heavy (non-hydrogen) atoms. The summed E-state index contributed by atoms with van der Waals surface area (Å²) in [5.41, 5.74) is 3.73. The van der Waals surface area contributed by atoms with Gasteiger partial charge in [-0.3, -0.25) is 0 Å². The monoisotopic (exact) mass is 318 g/mol. The lowest BCUT2D eigenvalue weighted by Gasteiger charge is -2.30. The van der Waals surface area contributed by atoms with E-state index in [9.17, 15) is 0 Å². The van der Waals surface area contributed by atoms with Gasteiger partial charge in [-0.1, -0.05) is 60.7 Å². The van der Waals surface area contributed by atoms with Crippen LogP contribution in [0.5, 0.6) is 0 Å². The summed E-state index contributed by atoms with van der Waals surface area (Å²) in [6.07, 6.45) is 3.24. The minimum atomic E-state index is 0.107. The van der Waals surface area contributed by atoms with E-state index in [0.29, 0.717) is 5.92 Å². The third-order valence-electron chi connectivity index (χ3n) is 4.97. The van der Waals surface area contributed by atoms with Gasteiger partial charge in [-0.25, -0.2) is 0 Å². The lowest BCUT2D eigenvalue weighted by atomic mass is 9.81. The zero-order valence-corrected chi connectivity index (χ0v) is 13.9. The number of hydrogen-bond donors (Lipinski definition) is 0. The van der Waals surface area contributed by atoms with Crippen LogP contribution in [0.25, 0.3) is 11.3 Å². The molecule has 2 heteroatoms. The van der Waals surface area contributed by atoms with Gasteiger partial charge in [0.2, 0.25) is 0 Å². The predicted molar refractivity (Wildman–Crippen MR) is 95.9 cm³/mol. The van der Waals surface area contributed by atoms with Crippen molar-refractivity contribution in [3.63, 3.8) is 0 Å². The Morgan fingerprint density at radius 1 is 1.00 bits per heavy atom. The summed E-state index contributed by atoms with van der Waals surface area (Å²) in [4.78, 5) is 0. The van der Waals surface area contributed by atoms with Gasteiger partial charge in [-0.2, -0.15) is 0 Å². The summed E-state index contributed by atoms with van der Waals surface area (Å²) in [6, 6.07) is 23.2. The standard InChI is InChI=1S/C22H22O2/c1-23-22-18(14-16-8-4-2-5-9-16)12-13-20-19(22)15-21(24-20)17-10-6-3-7-11-17/h2-11,15,18,22H,12-14H2,1H3/t18-,22-/m1/s1. The normalized spacial score (nSPS) is 19.9. The van der Waals surface area contributed by atoms with Gasteiger partial charge in [0, 0.05) is 24.7 Å². The lowest BCUT2D eigenvalue weighted by Crippen LogP contribution is -2.23. The molecule has 1 aliphatic carbocycles. The van der Waals surface area contributed by atoms with E-state index in [2.05, 4.69) is 48.5 Å². The number of methoxy groups -OCH3 is 1. The molecular formula is C22H22O2. The van der Waals surface area contributed by atoms with E-state index < -0.39 is 0 Å². The van der Waals surface area contributed by atoms with Crippen LogP contribution >= 0.6 is 0 Å². The second-order valence-corrected chi connectivity index (χ2v) is 6.50. The molecule has 4 rings (SSSR count). The van der Waals surface area contributed by atoms with Crippen LogP contribution in [0.15, 0.2) is 71.1 Å². The Hall–Kier alpha value is -2.32. The average molecular weight is 318 g/mol. The van der Waals surface area contributed by atoms with Crippen molar-refractivity contribution in [2.45, 2.75) is 25.4 Å². The van der Waals surface area contributed by atoms with Crippen molar-refractivity contribution in [1.29, 1.82) is 0 Å². The van der Waals surface area contributed by atoms with Crippen molar-refractivity contribution < 1.29 is 9.15 Å². The van der Waals surface area contributed by atoms with Gasteiger partial charge in [0.1, 0.15) is 11.5 Å². The van der Waals surface area contributed by atoms with Crippen molar-refractivity contribution >= 4 is 0 Å². The molecule has 1 heterocycles. The van der Waals surface area contributed by atoms with Crippen LogP contribution < -0.4 is 0 Å². The molecule has 0 N–H and O–H groups in total. The van der Waals surface area contributed by atoms with Crippen LogP contribution in [0.1, 0.15) is 29.4 Å². The highest BCUT2D eigenvalue weighted by molar-refractivity contribution is 5.59. The van der Waals surface area contributed by atoms with E-state index in [1.54, 1.807) is 0 Å². The maximum atomic E-state index is 6.14. The van der Waals surface area contributed by atoms with E-state index in [0.717, 1.165) is 36.3 Å². The highest BCUT2D eigenvalue weighted by atomic mass is 16.5. The number of furan rings is 1. The Labute approximate surface area is 143 Å². The van der Waals surface area contributed by atoms with Gasteiger partial charge in [0.25, 0.3) is 0 Å². The van der Waals surface area contributed by atoms with Gasteiger partial charge in [0.05, 0.1) is 6.10 Å². The van der Waals surface area contributed by atoms with Crippen molar-refractivity contribution in [2.75, 3.05) is 7.11 Å². The van der Waals surface area contributed by atoms with Gasteiger partial charge < -0.3 is 9.15 Å². The van der Waals surface area contributed by atoms with Crippen LogP contribution in [0, 0.1) is 5.92 Å². The Morgan fingerprint density at radius 3 is 2.42 bits per heavy atom. The van der Waals surface area contributed by atoms with Crippen LogP contribution in [0.3, 0.4) is 0 Å². The van der Waals surface area contributed by atoms with Gasteiger partial charge >= 0.3 is 0 Å². The van der Waals surface area contributed by atoms with Crippen LogP contribution in [0.4, 0.5) is 0 Å². The molecule has 0 radical (unpaired) electrons. The number of benzene rings is 2. The first-order valence-electron chi connectivity index (χ1n) is 8.60. The predicted octanol–water partition coefficient (Wildman–Crippen LogP) is 5.44. The number of fused-ring (bicyclic) bond motifs is 1. The van der Waals surface area contributed by atoms with Gasteiger partial charge in [-0.05, 0) is 30.4 Å². The highest BCUT2D eigenvalue weighted by Gasteiger charge is 2.32. The van der Waals surface area contributed by atoms with Gasteiger partial charge in [0.15, 0.2) is 0 Å². The summed E-state index contributed by atoms with van der Waals surface area (Å²) in [5.74, 6) is 2.53. The molecule has 2 atom stereocenters. The smallest absolute Gasteiger partial charge is 0.134 e. The molecule has 0 saturated heterocycles. The minimum Gasteiger partial charge on any atom is -0.461 e. The molecule has 0 amide bonds. The second kappa shape index (κ2) is 6.66. The fourth-order valence-electron chi connectivity index (χ4n) is 3.79. The second-order valence-electron chi connectivity index (χ2n) is 6.50. The topological polar surface area (TPSA) is 22.4 Å². The van der Waals surface area contributed by atoms with E-state index in [1.807, 2.05) is 25.3 Å². The third-order valence-corrected chi connectivity index (χ3v) is 4.97. The molecule has 0 spiro atoms. The average Bonchev–Trinajstić information content (AvgIpc) is 3.07. The molecule has 0 bridgehead atoms. The molecule has 122 valence electrons. The summed E-state index contributed by atoms with van der Waals surface area (Å²) < 4.78 is 12.0. The number of hydrogen-bond acceptors (Lipinski definition) is 2. The Balaban J connectivity index is 1.62. The van der Waals surface area contributed by atoms with Crippen molar-refractivity contribution in [3.8, 4) is 11.3 Å². The molecule has 0 saturated carbocycles. The Bertz CT molecular complexity index is 789. The number of rotatable bonds is 4. The number of ether oxygens (including phenoxy) is 1. The molecule has 0 fully saturated rings. The van der Waals surface area contributed by atoms with Crippen LogP contribution in [-0.2, 0) is 17.6 Å². The van der Waals surface area contributed by atoms with E-state index in [-0.39, 0.29) is 6.10 Å². The lowest BCUT2D eigenvalue weighted by molar-refractivity contribution is 0.0382. The summed E-state index contributed by atoms with van der Waals surface area (Å²) in [5, 5.41) is 0. The molecule has 0 unspecified atom stereocenters. The fourth-order valence-corrected chi connectivity index (χ4v) is 3.79. The fraction of sp³-hybridized carbons (Fsp3) is 0.273.